The molecule has 14 heavy (non-hydrogen) atoms. The number of carbonyl (C=O) groups is 1. The molecule has 0 fully saturated rings. The molecule has 0 saturated carbocycles. The molecule has 0 amide bonds. The SMILES string of the molecule is C=C(C)C(/C=C/C)OC(=O)C(C)(C)C. The maximum Gasteiger partial charge on any atom is 0.312 e. The van der Waals surface area contributed by atoms with Crippen molar-refractivity contribution in [3.8, 4) is 0 Å². The second-order valence-electron chi connectivity index (χ2n) is 4.45. The topological polar surface area (TPSA) is 26.3 Å². The van der Waals surface area contributed by atoms with Crippen molar-refractivity contribution >= 4 is 5.97 Å². The van der Waals surface area contributed by atoms with Gasteiger partial charge < -0.3 is 4.74 Å². The maximum atomic E-state index is 11.6. The van der Waals surface area contributed by atoms with Gasteiger partial charge in [0.15, 0.2) is 0 Å². The monoisotopic (exact) mass is 196 g/mol. The molecule has 0 aliphatic carbocycles. The number of rotatable bonds is 3. The lowest BCUT2D eigenvalue weighted by atomic mass is 9.97. The molecule has 2 nitrogen and oxygen atoms in total. The van der Waals surface area contributed by atoms with Crippen LogP contribution in [0.25, 0.3) is 0 Å². The molecule has 0 saturated heterocycles. The average Bonchev–Trinajstić information content (AvgIpc) is 2.01. The van der Waals surface area contributed by atoms with Crippen LogP contribution in [0.1, 0.15) is 34.6 Å². The van der Waals surface area contributed by atoms with Crippen LogP contribution in [-0.2, 0) is 9.53 Å². The number of ether oxygens (including phenoxy) is 1. The van der Waals surface area contributed by atoms with E-state index in [-0.39, 0.29) is 12.1 Å². The Morgan fingerprint density at radius 2 is 1.93 bits per heavy atom. The Balaban J connectivity index is 4.47. The largest absolute Gasteiger partial charge is 0.453 e. The van der Waals surface area contributed by atoms with Crippen molar-refractivity contribution in [1.29, 1.82) is 0 Å². The molecule has 2 heteroatoms. The summed E-state index contributed by atoms with van der Waals surface area (Å²) in [7, 11) is 0. The predicted octanol–water partition coefficient (Wildman–Crippen LogP) is 3.10. The number of allylic oxidation sites excluding steroid dienone is 1. The van der Waals surface area contributed by atoms with Gasteiger partial charge in [-0.2, -0.15) is 0 Å². The summed E-state index contributed by atoms with van der Waals surface area (Å²) in [6, 6.07) is 0. The Morgan fingerprint density at radius 1 is 1.43 bits per heavy atom. The zero-order chi connectivity index (χ0) is 11.4. The molecule has 0 heterocycles. The molecular weight excluding hydrogens is 176 g/mol. The Hall–Kier alpha value is -1.05. The van der Waals surface area contributed by atoms with E-state index in [1.807, 2.05) is 46.8 Å². The summed E-state index contributed by atoms with van der Waals surface area (Å²) in [5, 5.41) is 0. The van der Waals surface area contributed by atoms with Crippen molar-refractivity contribution in [3.63, 3.8) is 0 Å². The van der Waals surface area contributed by atoms with Crippen LogP contribution in [-0.4, -0.2) is 12.1 Å². The van der Waals surface area contributed by atoms with Gasteiger partial charge in [-0.15, -0.1) is 0 Å². The minimum absolute atomic E-state index is 0.205. The lowest BCUT2D eigenvalue weighted by Crippen LogP contribution is -2.27. The summed E-state index contributed by atoms with van der Waals surface area (Å²) in [4.78, 5) is 11.6. The van der Waals surface area contributed by atoms with Crippen LogP contribution in [0.2, 0.25) is 0 Å². The van der Waals surface area contributed by atoms with E-state index in [4.69, 9.17) is 4.74 Å². The van der Waals surface area contributed by atoms with Crippen molar-refractivity contribution in [3.05, 3.63) is 24.3 Å². The van der Waals surface area contributed by atoms with Crippen molar-refractivity contribution in [1.82, 2.24) is 0 Å². The molecule has 1 unspecified atom stereocenters. The zero-order valence-electron chi connectivity index (χ0n) is 9.76. The fourth-order valence-corrected chi connectivity index (χ4v) is 0.771. The standard InChI is InChI=1S/C12H20O2/c1-7-8-10(9(2)3)14-11(13)12(4,5)6/h7-8,10H,2H2,1,3-6H3/b8-7+. The van der Waals surface area contributed by atoms with Gasteiger partial charge in [-0.25, -0.2) is 0 Å². The van der Waals surface area contributed by atoms with Crippen molar-refractivity contribution < 1.29 is 9.53 Å². The molecule has 0 aliphatic rings. The number of carbonyl (C=O) groups excluding carboxylic acids is 1. The van der Waals surface area contributed by atoms with Crippen LogP contribution in [0.3, 0.4) is 0 Å². The fraction of sp³-hybridized carbons (Fsp3) is 0.583. The molecule has 0 radical (unpaired) electrons. The minimum Gasteiger partial charge on any atom is -0.453 e. The van der Waals surface area contributed by atoms with Crippen LogP contribution in [0, 0.1) is 5.41 Å². The lowest BCUT2D eigenvalue weighted by Gasteiger charge is -2.21. The van der Waals surface area contributed by atoms with Gasteiger partial charge in [-0.3, -0.25) is 4.79 Å². The van der Waals surface area contributed by atoms with Crippen molar-refractivity contribution in [2.75, 3.05) is 0 Å². The third kappa shape index (κ3) is 4.26. The molecular formula is C12H20O2. The van der Waals surface area contributed by atoms with E-state index in [9.17, 15) is 4.79 Å². The first kappa shape index (κ1) is 12.9. The Bertz CT molecular complexity index is 244. The first-order valence-electron chi connectivity index (χ1n) is 4.78. The van der Waals surface area contributed by atoms with Crippen LogP contribution in [0.4, 0.5) is 0 Å². The van der Waals surface area contributed by atoms with E-state index in [2.05, 4.69) is 6.58 Å². The number of esters is 1. The van der Waals surface area contributed by atoms with Gasteiger partial charge >= 0.3 is 5.97 Å². The summed E-state index contributed by atoms with van der Waals surface area (Å²) in [6.45, 7) is 13.0. The van der Waals surface area contributed by atoms with Crippen molar-refractivity contribution in [2.24, 2.45) is 5.41 Å². The maximum absolute atomic E-state index is 11.6. The average molecular weight is 196 g/mol. The fourth-order valence-electron chi connectivity index (χ4n) is 0.771. The van der Waals surface area contributed by atoms with E-state index in [0.29, 0.717) is 0 Å². The first-order valence-corrected chi connectivity index (χ1v) is 4.78. The van der Waals surface area contributed by atoms with Gasteiger partial charge in [0.1, 0.15) is 6.10 Å². The molecule has 0 aliphatic heterocycles. The highest BCUT2D eigenvalue weighted by Gasteiger charge is 2.25. The summed E-state index contributed by atoms with van der Waals surface area (Å²) < 4.78 is 5.29. The van der Waals surface area contributed by atoms with Gasteiger partial charge in [-0.05, 0) is 46.3 Å². The Kier molecular flexibility index (Phi) is 4.61. The third-order valence-electron chi connectivity index (χ3n) is 1.70. The van der Waals surface area contributed by atoms with E-state index < -0.39 is 5.41 Å². The molecule has 0 N–H and O–H groups in total. The third-order valence-corrected chi connectivity index (χ3v) is 1.70. The van der Waals surface area contributed by atoms with Crippen LogP contribution in [0.5, 0.6) is 0 Å². The Labute approximate surface area is 86.6 Å². The molecule has 1 atom stereocenters. The summed E-state index contributed by atoms with van der Waals surface area (Å²) >= 11 is 0. The molecule has 0 aromatic rings. The van der Waals surface area contributed by atoms with Crippen molar-refractivity contribution in [2.45, 2.75) is 40.7 Å². The summed E-state index contributed by atoms with van der Waals surface area (Å²) in [6.07, 6.45) is 3.38. The van der Waals surface area contributed by atoms with Crippen LogP contribution in [0.15, 0.2) is 24.3 Å². The number of hydrogen-bond acceptors (Lipinski definition) is 2. The summed E-state index contributed by atoms with van der Waals surface area (Å²) in [5.74, 6) is -0.205. The molecule has 0 aromatic heterocycles. The second-order valence-corrected chi connectivity index (χ2v) is 4.45. The van der Waals surface area contributed by atoms with Gasteiger partial charge in [0.25, 0.3) is 0 Å². The van der Waals surface area contributed by atoms with E-state index in [1.165, 1.54) is 0 Å². The second kappa shape index (κ2) is 4.99. The normalized spacial score (nSPS) is 14.1. The van der Waals surface area contributed by atoms with Crippen LogP contribution < -0.4 is 0 Å². The minimum atomic E-state index is -0.463. The predicted molar refractivity (Wildman–Crippen MR) is 59.0 cm³/mol. The first-order chi connectivity index (χ1) is 6.29. The van der Waals surface area contributed by atoms with Gasteiger partial charge in [0, 0.05) is 0 Å². The lowest BCUT2D eigenvalue weighted by molar-refractivity contribution is -0.154. The van der Waals surface area contributed by atoms with E-state index in [1.54, 1.807) is 0 Å². The molecule has 80 valence electrons. The highest BCUT2D eigenvalue weighted by atomic mass is 16.5. The zero-order valence-corrected chi connectivity index (χ0v) is 9.76. The van der Waals surface area contributed by atoms with Gasteiger partial charge in [0.2, 0.25) is 0 Å². The molecule has 0 aromatic carbocycles. The quantitative estimate of drug-likeness (QED) is 0.512. The van der Waals surface area contributed by atoms with E-state index >= 15 is 0 Å². The highest BCUT2D eigenvalue weighted by Crippen LogP contribution is 2.18. The Morgan fingerprint density at radius 3 is 2.21 bits per heavy atom. The highest BCUT2D eigenvalue weighted by molar-refractivity contribution is 5.75. The van der Waals surface area contributed by atoms with Crippen LogP contribution >= 0.6 is 0 Å². The molecule has 0 bridgehead atoms. The number of hydrogen-bond donors (Lipinski definition) is 0. The molecule has 0 rings (SSSR count). The van der Waals surface area contributed by atoms with Gasteiger partial charge in [-0.1, -0.05) is 12.7 Å². The summed E-state index contributed by atoms with van der Waals surface area (Å²) in [5.41, 5.74) is 0.371. The molecule has 0 spiro atoms. The van der Waals surface area contributed by atoms with E-state index in [0.717, 1.165) is 5.57 Å². The van der Waals surface area contributed by atoms with Gasteiger partial charge in [0.05, 0.1) is 5.41 Å². The smallest absolute Gasteiger partial charge is 0.312 e.